The monoisotopic (exact) mass is 178 g/mol. The van der Waals surface area contributed by atoms with Crippen molar-refractivity contribution in [3.63, 3.8) is 0 Å². The quantitative estimate of drug-likeness (QED) is 0.432. The molecule has 1 aromatic rings. The summed E-state index contributed by atoms with van der Waals surface area (Å²) in [7, 11) is 0. The standard InChI is InChI=1S/C10H10O3/c1-7(6-11)10(13)8-4-2-3-5-9(8)12/h2-7,12H,1H3. The lowest BCUT2D eigenvalue weighted by atomic mass is 10.0. The molecular formula is C10H10O3. The van der Waals surface area contributed by atoms with Gasteiger partial charge in [0.1, 0.15) is 12.0 Å². The highest BCUT2D eigenvalue weighted by molar-refractivity contribution is 6.06. The van der Waals surface area contributed by atoms with Crippen molar-refractivity contribution < 1.29 is 14.7 Å². The molecule has 1 rings (SSSR count). The summed E-state index contributed by atoms with van der Waals surface area (Å²) in [6, 6.07) is 6.19. The molecule has 0 saturated carbocycles. The Morgan fingerprint density at radius 3 is 2.62 bits per heavy atom. The lowest BCUT2D eigenvalue weighted by molar-refractivity contribution is -0.109. The fourth-order valence-corrected chi connectivity index (χ4v) is 0.989. The van der Waals surface area contributed by atoms with E-state index in [4.69, 9.17) is 0 Å². The third-order valence-electron chi connectivity index (χ3n) is 1.79. The summed E-state index contributed by atoms with van der Waals surface area (Å²) >= 11 is 0. The lowest BCUT2D eigenvalue weighted by Crippen LogP contribution is -2.12. The Labute approximate surface area is 76.0 Å². The van der Waals surface area contributed by atoms with Crippen LogP contribution in [0.25, 0.3) is 0 Å². The molecule has 1 atom stereocenters. The van der Waals surface area contributed by atoms with Gasteiger partial charge in [0.25, 0.3) is 0 Å². The maximum absolute atomic E-state index is 11.4. The van der Waals surface area contributed by atoms with Crippen LogP contribution in [0.3, 0.4) is 0 Å². The minimum Gasteiger partial charge on any atom is -0.507 e. The van der Waals surface area contributed by atoms with Gasteiger partial charge in [0.05, 0.1) is 11.5 Å². The zero-order chi connectivity index (χ0) is 9.84. The van der Waals surface area contributed by atoms with E-state index in [0.29, 0.717) is 6.29 Å². The van der Waals surface area contributed by atoms with Crippen molar-refractivity contribution in [1.82, 2.24) is 0 Å². The van der Waals surface area contributed by atoms with E-state index in [9.17, 15) is 14.7 Å². The van der Waals surface area contributed by atoms with Crippen LogP contribution in [0.4, 0.5) is 0 Å². The highest BCUT2D eigenvalue weighted by Gasteiger charge is 2.16. The Morgan fingerprint density at radius 2 is 2.08 bits per heavy atom. The van der Waals surface area contributed by atoms with E-state index in [1.807, 2.05) is 0 Å². The topological polar surface area (TPSA) is 54.4 Å². The second-order valence-corrected chi connectivity index (χ2v) is 2.81. The number of carbonyl (C=O) groups excluding carboxylic acids is 2. The molecule has 13 heavy (non-hydrogen) atoms. The number of ketones is 1. The van der Waals surface area contributed by atoms with E-state index < -0.39 is 5.92 Å². The molecule has 3 nitrogen and oxygen atoms in total. The zero-order valence-corrected chi connectivity index (χ0v) is 7.23. The first-order valence-electron chi connectivity index (χ1n) is 3.94. The van der Waals surface area contributed by atoms with Crippen LogP contribution >= 0.6 is 0 Å². The van der Waals surface area contributed by atoms with Crippen LogP contribution in [0.1, 0.15) is 17.3 Å². The molecular weight excluding hydrogens is 168 g/mol. The van der Waals surface area contributed by atoms with Crippen molar-refractivity contribution in [2.75, 3.05) is 0 Å². The zero-order valence-electron chi connectivity index (χ0n) is 7.23. The average molecular weight is 178 g/mol. The maximum Gasteiger partial charge on any atom is 0.176 e. The second kappa shape index (κ2) is 3.85. The maximum atomic E-state index is 11.4. The van der Waals surface area contributed by atoms with Crippen LogP contribution in [0.5, 0.6) is 5.75 Å². The first kappa shape index (κ1) is 9.45. The fourth-order valence-electron chi connectivity index (χ4n) is 0.989. The molecule has 0 aliphatic heterocycles. The average Bonchev–Trinajstić information content (AvgIpc) is 2.16. The number of phenols is 1. The molecule has 0 radical (unpaired) electrons. The smallest absolute Gasteiger partial charge is 0.176 e. The molecule has 68 valence electrons. The van der Waals surface area contributed by atoms with Gasteiger partial charge < -0.3 is 9.90 Å². The molecule has 1 aromatic carbocycles. The molecule has 0 spiro atoms. The molecule has 0 bridgehead atoms. The Hall–Kier alpha value is -1.64. The number of phenolic OH excluding ortho intramolecular Hbond substituents is 1. The van der Waals surface area contributed by atoms with Gasteiger partial charge in [-0.3, -0.25) is 4.79 Å². The molecule has 0 saturated heterocycles. The van der Waals surface area contributed by atoms with Gasteiger partial charge in [-0.1, -0.05) is 12.1 Å². The third kappa shape index (κ3) is 1.93. The van der Waals surface area contributed by atoms with E-state index in [-0.39, 0.29) is 17.1 Å². The van der Waals surface area contributed by atoms with Crippen LogP contribution in [0.2, 0.25) is 0 Å². The van der Waals surface area contributed by atoms with Crippen LogP contribution in [0.15, 0.2) is 24.3 Å². The van der Waals surface area contributed by atoms with Gasteiger partial charge in [0.2, 0.25) is 0 Å². The SMILES string of the molecule is CC(C=O)C(=O)c1ccccc1O. The fraction of sp³-hybridized carbons (Fsp3) is 0.200. The highest BCUT2D eigenvalue weighted by Crippen LogP contribution is 2.18. The molecule has 0 amide bonds. The van der Waals surface area contributed by atoms with Gasteiger partial charge in [-0.25, -0.2) is 0 Å². The van der Waals surface area contributed by atoms with Crippen LogP contribution in [-0.2, 0) is 4.79 Å². The number of hydrogen-bond acceptors (Lipinski definition) is 3. The molecule has 0 aromatic heterocycles. The number of aldehydes is 1. The largest absolute Gasteiger partial charge is 0.507 e. The van der Waals surface area contributed by atoms with Crippen molar-refractivity contribution >= 4 is 12.1 Å². The van der Waals surface area contributed by atoms with E-state index >= 15 is 0 Å². The molecule has 0 aliphatic carbocycles. The molecule has 0 heterocycles. The van der Waals surface area contributed by atoms with Crippen LogP contribution in [-0.4, -0.2) is 17.2 Å². The number of benzene rings is 1. The van der Waals surface area contributed by atoms with Gasteiger partial charge >= 0.3 is 0 Å². The van der Waals surface area contributed by atoms with E-state index in [0.717, 1.165) is 0 Å². The Kier molecular flexibility index (Phi) is 2.80. The van der Waals surface area contributed by atoms with Gasteiger partial charge in [-0.05, 0) is 19.1 Å². The first-order chi connectivity index (χ1) is 6.16. The van der Waals surface area contributed by atoms with E-state index in [1.54, 1.807) is 12.1 Å². The summed E-state index contributed by atoms with van der Waals surface area (Å²) in [5, 5.41) is 9.29. The Balaban J connectivity index is 3.02. The van der Waals surface area contributed by atoms with Crippen LogP contribution < -0.4 is 0 Å². The minimum atomic E-state index is -0.701. The minimum absolute atomic E-state index is 0.0822. The number of Topliss-reactive ketones (excluding diaryl/α,β-unsaturated/α-hetero) is 1. The lowest BCUT2D eigenvalue weighted by Gasteiger charge is -2.04. The van der Waals surface area contributed by atoms with Crippen molar-refractivity contribution in [2.24, 2.45) is 5.92 Å². The van der Waals surface area contributed by atoms with Crippen molar-refractivity contribution in [3.8, 4) is 5.75 Å². The predicted molar refractivity (Wildman–Crippen MR) is 47.7 cm³/mol. The first-order valence-corrected chi connectivity index (χ1v) is 3.94. The number of rotatable bonds is 3. The highest BCUT2D eigenvalue weighted by atomic mass is 16.3. The van der Waals surface area contributed by atoms with Gasteiger partial charge in [0.15, 0.2) is 5.78 Å². The molecule has 0 aliphatic rings. The Bertz CT molecular complexity index is 331. The molecule has 1 unspecified atom stereocenters. The predicted octanol–water partition coefficient (Wildman–Crippen LogP) is 1.41. The summed E-state index contributed by atoms with van der Waals surface area (Å²) in [4.78, 5) is 21.7. The summed E-state index contributed by atoms with van der Waals surface area (Å²) < 4.78 is 0. The van der Waals surface area contributed by atoms with E-state index in [1.165, 1.54) is 19.1 Å². The molecule has 3 heteroatoms. The van der Waals surface area contributed by atoms with Crippen LogP contribution in [0, 0.1) is 5.92 Å². The Morgan fingerprint density at radius 1 is 1.46 bits per heavy atom. The van der Waals surface area contributed by atoms with Crippen molar-refractivity contribution in [3.05, 3.63) is 29.8 Å². The van der Waals surface area contributed by atoms with E-state index in [2.05, 4.69) is 0 Å². The number of aromatic hydroxyl groups is 1. The van der Waals surface area contributed by atoms with Crippen molar-refractivity contribution in [2.45, 2.75) is 6.92 Å². The van der Waals surface area contributed by atoms with Gasteiger partial charge in [0, 0.05) is 0 Å². The number of hydrogen-bond donors (Lipinski definition) is 1. The van der Waals surface area contributed by atoms with Gasteiger partial charge in [-0.2, -0.15) is 0 Å². The molecule has 0 fully saturated rings. The summed E-state index contributed by atoms with van der Waals surface area (Å²) in [6.07, 6.45) is 0.564. The molecule has 1 N–H and O–H groups in total. The number of carbonyl (C=O) groups is 2. The summed E-state index contributed by atoms with van der Waals surface area (Å²) in [5.74, 6) is -1.14. The third-order valence-corrected chi connectivity index (χ3v) is 1.79. The summed E-state index contributed by atoms with van der Waals surface area (Å²) in [6.45, 7) is 1.50. The van der Waals surface area contributed by atoms with Crippen molar-refractivity contribution in [1.29, 1.82) is 0 Å². The number of para-hydroxylation sites is 1. The summed E-state index contributed by atoms with van der Waals surface area (Å²) in [5.41, 5.74) is 0.196. The normalized spacial score (nSPS) is 12.1. The second-order valence-electron chi connectivity index (χ2n) is 2.81. The van der Waals surface area contributed by atoms with Gasteiger partial charge in [-0.15, -0.1) is 0 Å².